The molecule has 0 aliphatic carbocycles. The van der Waals surface area contributed by atoms with Crippen molar-refractivity contribution in [3.05, 3.63) is 47.0 Å². The fourth-order valence-corrected chi connectivity index (χ4v) is 3.79. The number of aliphatic carboxylic acids is 1. The number of nitrogens with one attached hydrogen (secondary N) is 3. The van der Waals surface area contributed by atoms with Gasteiger partial charge in [0.15, 0.2) is 0 Å². The highest BCUT2D eigenvalue weighted by molar-refractivity contribution is 5.91. The average Bonchev–Trinajstić information content (AvgIpc) is 2.75. The summed E-state index contributed by atoms with van der Waals surface area (Å²) in [4.78, 5) is 39.2. The van der Waals surface area contributed by atoms with Crippen LogP contribution < -0.4 is 16.0 Å². The third-order valence-corrected chi connectivity index (χ3v) is 6.14. The van der Waals surface area contributed by atoms with E-state index in [-0.39, 0.29) is 23.9 Å². The maximum absolute atomic E-state index is 13.5. The summed E-state index contributed by atoms with van der Waals surface area (Å²) in [5.74, 6) is -1.58. The average molecular weight is 475 g/mol. The summed E-state index contributed by atoms with van der Waals surface area (Å²) < 4.78 is 0. The van der Waals surface area contributed by atoms with Gasteiger partial charge in [0.1, 0.15) is 6.04 Å². The molecule has 8 heteroatoms. The van der Waals surface area contributed by atoms with Crippen LogP contribution in [0.15, 0.2) is 35.9 Å². The van der Waals surface area contributed by atoms with Gasteiger partial charge in [-0.3, -0.25) is 9.59 Å². The number of hydrogen-bond donors (Lipinski definition) is 4. The lowest BCUT2D eigenvalue weighted by Gasteiger charge is -2.38. The smallest absolute Gasteiger partial charge is 0.331 e. The molecule has 0 aliphatic heterocycles. The van der Waals surface area contributed by atoms with Gasteiger partial charge in [-0.1, -0.05) is 65.0 Å². The molecule has 34 heavy (non-hydrogen) atoms. The number of carbonyl (C=O) groups excluding carboxylic acids is 2. The van der Waals surface area contributed by atoms with Gasteiger partial charge in [0.25, 0.3) is 0 Å². The predicted octanol–water partition coefficient (Wildman–Crippen LogP) is 2.29. The lowest BCUT2D eigenvalue weighted by Crippen LogP contribution is -2.60. The number of hydrogen-bond acceptors (Lipinski definition) is 5. The van der Waals surface area contributed by atoms with E-state index in [4.69, 9.17) is 5.11 Å². The monoisotopic (exact) mass is 474 g/mol. The number of likely N-dealkylation sites (N-methyl/N-ethyl adjacent to an activating group) is 2. The molecule has 0 fully saturated rings. The van der Waals surface area contributed by atoms with Gasteiger partial charge in [-0.2, -0.15) is 0 Å². The first kappa shape index (κ1) is 29.3. The summed E-state index contributed by atoms with van der Waals surface area (Å²) in [5, 5.41) is 18.3. The fourth-order valence-electron chi connectivity index (χ4n) is 3.79. The zero-order chi connectivity index (χ0) is 26.3. The number of carboxylic acids is 1. The molecule has 1 aromatic carbocycles. The number of benzene rings is 1. The van der Waals surface area contributed by atoms with Crippen molar-refractivity contribution in [2.75, 3.05) is 27.7 Å². The molecule has 0 saturated carbocycles. The molecular weight excluding hydrogens is 432 g/mol. The minimum atomic E-state index is -1.03. The lowest BCUT2D eigenvalue weighted by atomic mass is 9.76. The van der Waals surface area contributed by atoms with E-state index in [0.717, 1.165) is 17.7 Å². The van der Waals surface area contributed by atoms with Gasteiger partial charge in [0.05, 0.1) is 6.04 Å². The molecule has 0 aromatic heterocycles. The largest absolute Gasteiger partial charge is 0.478 e. The second kappa shape index (κ2) is 12.1. The van der Waals surface area contributed by atoms with Crippen molar-refractivity contribution in [3.8, 4) is 0 Å². The van der Waals surface area contributed by atoms with Crippen LogP contribution in [-0.4, -0.2) is 67.6 Å². The van der Waals surface area contributed by atoms with E-state index in [2.05, 4.69) is 16.0 Å². The van der Waals surface area contributed by atoms with Crippen molar-refractivity contribution in [2.24, 2.45) is 5.41 Å². The molecular formula is C26H42N4O4. The van der Waals surface area contributed by atoms with Crippen LogP contribution in [0.5, 0.6) is 0 Å². The van der Waals surface area contributed by atoms with Gasteiger partial charge >= 0.3 is 5.97 Å². The summed E-state index contributed by atoms with van der Waals surface area (Å²) in [6, 6.07) is 6.78. The van der Waals surface area contributed by atoms with Gasteiger partial charge in [0.2, 0.25) is 11.8 Å². The van der Waals surface area contributed by atoms with Crippen LogP contribution in [0.25, 0.3) is 0 Å². The third-order valence-electron chi connectivity index (χ3n) is 6.14. The molecule has 0 saturated heterocycles. The highest BCUT2D eigenvalue weighted by Gasteiger charge is 2.40. The molecule has 1 rings (SSSR count). The second-order valence-electron chi connectivity index (χ2n) is 10.4. The maximum Gasteiger partial charge on any atom is 0.331 e. The van der Waals surface area contributed by atoms with E-state index >= 15 is 0 Å². The van der Waals surface area contributed by atoms with Crippen molar-refractivity contribution in [2.45, 2.75) is 65.6 Å². The zero-order valence-electron chi connectivity index (χ0n) is 22.1. The highest BCUT2D eigenvalue weighted by atomic mass is 16.4. The number of amides is 2. The van der Waals surface area contributed by atoms with Crippen molar-refractivity contribution in [1.29, 1.82) is 0 Å². The quantitative estimate of drug-likeness (QED) is 0.366. The Bertz CT molecular complexity index is 885. The van der Waals surface area contributed by atoms with Crippen LogP contribution in [0.4, 0.5) is 0 Å². The van der Waals surface area contributed by atoms with E-state index in [1.54, 1.807) is 14.1 Å². The Hall–Kier alpha value is -2.71. The summed E-state index contributed by atoms with van der Waals surface area (Å²) >= 11 is 0. The van der Waals surface area contributed by atoms with Crippen molar-refractivity contribution in [3.63, 3.8) is 0 Å². The van der Waals surface area contributed by atoms with Crippen molar-refractivity contribution >= 4 is 17.8 Å². The minimum Gasteiger partial charge on any atom is -0.478 e. The van der Waals surface area contributed by atoms with Crippen LogP contribution in [0, 0.1) is 5.41 Å². The Kier molecular flexibility index (Phi) is 10.5. The zero-order valence-corrected chi connectivity index (χ0v) is 22.1. The van der Waals surface area contributed by atoms with Crippen molar-refractivity contribution in [1.82, 2.24) is 20.9 Å². The van der Waals surface area contributed by atoms with Crippen LogP contribution in [-0.2, 0) is 26.3 Å². The summed E-state index contributed by atoms with van der Waals surface area (Å²) in [6.45, 7) is 12.1. The SMILES string of the molecule is CNCc1ccc(C(C)(C)C(NC)C(=O)NC(C(=O)N(C)C/C=C(\C)C(=O)O)C(C)(C)C)cc1. The van der Waals surface area contributed by atoms with E-state index in [9.17, 15) is 14.4 Å². The Morgan fingerprint density at radius 1 is 1.03 bits per heavy atom. The summed E-state index contributed by atoms with van der Waals surface area (Å²) in [5.41, 5.74) is 1.22. The number of carboxylic acid groups (broad SMARTS) is 1. The lowest BCUT2D eigenvalue weighted by molar-refractivity contribution is -0.139. The van der Waals surface area contributed by atoms with E-state index in [0.29, 0.717) is 0 Å². The molecule has 2 atom stereocenters. The molecule has 2 amide bonds. The Labute approximate surface area is 204 Å². The first-order valence-corrected chi connectivity index (χ1v) is 11.5. The van der Waals surface area contributed by atoms with Gasteiger partial charge < -0.3 is 26.0 Å². The molecule has 2 unspecified atom stereocenters. The highest BCUT2D eigenvalue weighted by Crippen LogP contribution is 2.29. The number of nitrogens with zero attached hydrogens (tertiary/aromatic N) is 1. The Morgan fingerprint density at radius 3 is 2.03 bits per heavy atom. The van der Waals surface area contributed by atoms with Gasteiger partial charge in [-0.25, -0.2) is 4.79 Å². The topological polar surface area (TPSA) is 111 Å². The molecule has 8 nitrogen and oxygen atoms in total. The predicted molar refractivity (Wildman–Crippen MR) is 135 cm³/mol. The normalized spacial score (nSPS) is 14.3. The van der Waals surface area contributed by atoms with E-state index in [1.165, 1.54) is 17.9 Å². The fraction of sp³-hybridized carbons (Fsp3) is 0.577. The second-order valence-corrected chi connectivity index (χ2v) is 10.4. The molecule has 0 spiro atoms. The first-order chi connectivity index (χ1) is 15.7. The van der Waals surface area contributed by atoms with E-state index < -0.39 is 28.9 Å². The van der Waals surface area contributed by atoms with Crippen LogP contribution in [0.1, 0.15) is 52.7 Å². The number of carbonyl (C=O) groups is 3. The minimum absolute atomic E-state index is 0.138. The van der Waals surface area contributed by atoms with Crippen LogP contribution >= 0.6 is 0 Å². The van der Waals surface area contributed by atoms with Crippen LogP contribution in [0.2, 0.25) is 0 Å². The summed E-state index contributed by atoms with van der Waals surface area (Å²) in [6.07, 6.45) is 1.49. The van der Waals surface area contributed by atoms with Gasteiger partial charge in [0, 0.05) is 31.1 Å². The third kappa shape index (κ3) is 7.67. The first-order valence-electron chi connectivity index (χ1n) is 11.5. The number of rotatable bonds is 11. The molecule has 0 bridgehead atoms. The standard InChI is InChI=1S/C26H42N4O4/c1-17(24(33)34)14-15-30(9)23(32)21(25(2,3)4)29-22(31)20(28-8)26(5,6)19-12-10-18(11-13-19)16-27-7/h10-14,20-21,27-28H,15-16H2,1-9H3,(H,29,31)(H,33,34)/b17-14+. The Balaban J connectivity index is 3.13. The van der Waals surface area contributed by atoms with E-state index in [1.807, 2.05) is 65.9 Å². The van der Waals surface area contributed by atoms with Crippen molar-refractivity contribution < 1.29 is 19.5 Å². The molecule has 0 aliphatic rings. The molecule has 0 heterocycles. The molecule has 1 aromatic rings. The van der Waals surface area contributed by atoms with Crippen LogP contribution in [0.3, 0.4) is 0 Å². The maximum atomic E-state index is 13.5. The summed E-state index contributed by atoms with van der Waals surface area (Å²) in [7, 11) is 5.24. The molecule has 190 valence electrons. The van der Waals surface area contributed by atoms with Gasteiger partial charge in [-0.15, -0.1) is 0 Å². The molecule has 4 N–H and O–H groups in total. The Morgan fingerprint density at radius 2 is 1.59 bits per heavy atom. The van der Waals surface area contributed by atoms with Gasteiger partial charge in [-0.05, 0) is 37.6 Å². The molecule has 0 radical (unpaired) electrons.